The molecule has 0 radical (unpaired) electrons. The fraction of sp³-hybridized carbons (Fsp3) is 0.174. The lowest BCUT2D eigenvalue weighted by atomic mass is 10.0. The topological polar surface area (TPSA) is 98.5 Å². The van der Waals surface area contributed by atoms with E-state index in [-0.39, 0.29) is 18.1 Å². The number of carbonyl (C=O) groups is 1. The van der Waals surface area contributed by atoms with Crippen LogP contribution in [0.4, 0.5) is 4.79 Å². The van der Waals surface area contributed by atoms with E-state index in [0.29, 0.717) is 12.8 Å². The van der Waals surface area contributed by atoms with Crippen molar-refractivity contribution in [3.8, 4) is 0 Å². The second-order valence-corrected chi connectivity index (χ2v) is 7.02. The summed E-state index contributed by atoms with van der Waals surface area (Å²) in [6.07, 6.45) is 8.13. The van der Waals surface area contributed by atoms with Crippen LogP contribution in [-0.2, 0) is 12.8 Å². The van der Waals surface area contributed by atoms with Gasteiger partial charge in [0.15, 0.2) is 0 Å². The molecule has 0 saturated heterocycles. The molecule has 7 nitrogen and oxygen atoms in total. The first-order valence-corrected chi connectivity index (χ1v) is 9.91. The molecular formula is C23H24N6O. The molecule has 2 aromatic carbocycles. The Morgan fingerprint density at radius 2 is 1.17 bits per heavy atom. The number of hydrogen-bond donors (Lipinski definition) is 4. The number of aromatic amines is 2. The summed E-state index contributed by atoms with van der Waals surface area (Å²) in [6.45, 7) is 0. The first-order valence-electron chi connectivity index (χ1n) is 9.91. The lowest BCUT2D eigenvalue weighted by molar-refractivity contribution is 0.232. The minimum absolute atomic E-state index is 0.211. The summed E-state index contributed by atoms with van der Waals surface area (Å²) >= 11 is 0. The fourth-order valence-corrected chi connectivity index (χ4v) is 3.44. The number of hydrogen-bond acceptors (Lipinski definition) is 3. The molecule has 2 amide bonds. The van der Waals surface area contributed by atoms with Gasteiger partial charge in [0.05, 0.1) is 12.1 Å². The number of carbonyl (C=O) groups excluding carboxylic acids is 1. The third-order valence-electron chi connectivity index (χ3n) is 4.92. The molecule has 4 aromatic rings. The zero-order chi connectivity index (χ0) is 20.6. The van der Waals surface area contributed by atoms with Crippen LogP contribution in [0.2, 0.25) is 0 Å². The van der Waals surface area contributed by atoms with Crippen molar-refractivity contribution in [3.05, 3.63) is 108 Å². The average Bonchev–Trinajstić information content (AvgIpc) is 3.48. The van der Waals surface area contributed by atoms with Gasteiger partial charge in [-0.15, -0.1) is 0 Å². The van der Waals surface area contributed by atoms with Crippen LogP contribution in [0.3, 0.4) is 0 Å². The number of benzene rings is 2. The van der Waals surface area contributed by atoms with Gasteiger partial charge in [-0.3, -0.25) is 0 Å². The van der Waals surface area contributed by atoms with Gasteiger partial charge in [0.2, 0.25) is 0 Å². The second kappa shape index (κ2) is 9.56. The molecule has 2 unspecified atom stereocenters. The summed E-state index contributed by atoms with van der Waals surface area (Å²) in [5, 5.41) is 6.22. The van der Waals surface area contributed by atoms with Crippen LogP contribution in [0.5, 0.6) is 0 Å². The van der Waals surface area contributed by atoms with E-state index >= 15 is 0 Å². The van der Waals surface area contributed by atoms with Gasteiger partial charge in [-0.05, 0) is 11.1 Å². The molecule has 2 atom stereocenters. The van der Waals surface area contributed by atoms with Crippen molar-refractivity contribution in [3.63, 3.8) is 0 Å². The summed E-state index contributed by atoms with van der Waals surface area (Å²) in [5.74, 6) is 1.64. The predicted molar refractivity (Wildman–Crippen MR) is 115 cm³/mol. The number of aromatic nitrogens is 4. The molecule has 0 aliphatic carbocycles. The van der Waals surface area contributed by atoms with Gasteiger partial charge in [0.25, 0.3) is 0 Å². The van der Waals surface area contributed by atoms with Crippen molar-refractivity contribution in [2.24, 2.45) is 0 Å². The molecular weight excluding hydrogens is 376 g/mol. The normalized spacial score (nSPS) is 12.8. The monoisotopic (exact) mass is 400 g/mol. The molecule has 0 saturated carbocycles. The van der Waals surface area contributed by atoms with Gasteiger partial charge in [-0.2, -0.15) is 0 Å². The van der Waals surface area contributed by atoms with Gasteiger partial charge in [-0.25, -0.2) is 14.8 Å². The maximum Gasteiger partial charge on any atom is 0.315 e. The quantitative estimate of drug-likeness (QED) is 0.363. The average molecular weight is 400 g/mol. The lowest BCUT2D eigenvalue weighted by Crippen LogP contribution is -2.41. The Morgan fingerprint density at radius 1 is 0.733 bits per heavy atom. The van der Waals surface area contributed by atoms with Crippen LogP contribution in [0.25, 0.3) is 0 Å². The van der Waals surface area contributed by atoms with Crippen molar-refractivity contribution in [1.29, 1.82) is 0 Å². The number of urea groups is 1. The van der Waals surface area contributed by atoms with E-state index in [1.165, 1.54) is 0 Å². The van der Waals surface area contributed by atoms with E-state index in [1.807, 2.05) is 60.7 Å². The Bertz CT molecular complexity index is 933. The SMILES string of the molecule is O=C(NC(Cc1ncc[nH]1)c1ccccc1)NC(Cc1ncc[nH]1)c1ccccc1. The van der Waals surface area contributed by atoms with Crippen LogP contribution in [0.1, 0.15) is 34.9 Å². The standard InChI is InChI=1S/C23H24N6O/c30-23(28-19(15-21-24-11-12-25-21)17-7-3-1-4-8-17)29-20(16-22-26-13-14-27-22)18-9-5-2-6-10-18/h1-14,19-20H,15-16H2,(H,24,25)(H,26,27)(H2,28,29,30). The van der Waals surface area contributed by atoms with Crippen LogP contribution in [0, 0.1) is 0 Å². The fourth-order valence-electron chi connectivity index (χ4n) is 3.44. The lowest BCUT2D eigenvalue weighted by Gasteiger charge is -2.23. The maximum atomic E-state index is 13.0. The number of nitrogens with one attached hydrogen (secondary N) is 4. The highest BCUT2D eigenvalue weighted by Crippen LogP contribution is 2.19. The van der Waals surface area contributed by atoms with Crippen LogP contribution < -0.4 is 10.6 Å². The molecule has 0 fully saturated rings. The van der Waals surface area contributed by atoms with Crippen molar-refractivity contribution >= 4 is 6.03 Å². The zero-order valence-corrected chi connectivity index (χ0v) is 16.5. The van der Waals surface area contributed by atoms with Crippen LogP contribution >= 0.6 is 0 Å². The Hall–Kier alpha value is -3.87. The predicted octanol–water partition coefficient (Wildman–Crippen LogP) is 3.70. The second-order valence-electron chi connectivity index (χ2n) is 7.02. The molecule has 7 heteroatoms. The molecule has 2 heterocycles. The first kappa shape index (κ1) is 19.4. The number of amides is 2. The summed E-state index contributed by atoms with van der Waals surface area (Å²) in [6, 6.07) is 19.1. The highest BCUT2D eigenvalue weighted by Gasteiger charge is 2.20. The summed E-state index contributed by atoms with van der Waals surface area (Å²) in [5.41, 5.74) is 2.04. The molecule has 2 aromatic heterocycles. The first-order chi connectivity index (χ1) is 14.8. The van der Waals surface area contributed by atoms with E-state index < -0.39 is 0 Å². The molecule has 0 spiro atoms. The Balaban J connectivity index is 1.50. The summed E-state index contributed by atoms with van der Waals surface area (Å²) in [7, 11) is 0. The molecule has 4 rings (SSSR count). The van der Waals surface area contributed by atoms with Crippen LogP contribution in [-0.4, -0.2) is 26.0 Å². The maximum absolute atomic E-state index is 13.0. The molecule has 0 aliphatic heterocycles. The Kier molecular flexibility index (Phi) is 6.19. The van der Waals surface area contributed by atoms with Crippen molar-refractivity contribution in [2.45, 2.75) is 24.9 Å². The van der Waals surface area contributed by atoms with E-state index in [1.54, 1.807) is 24.8 Å². The highest BCUT2D eigenvalue weighted by atomic mass is 16.2. The minimum atomic E-state index is -0.240. The van der Waals surface area contributed by atoms with Gasteiger partial charge in [0.1, 0.15) is 11.6 Å². The molecule has 4 N–H and O–H groups in total. The van der Waals surface area contributed by atoms with E-state index in [0.717, 1.165) is 22.8 Å². The zero-order valence-electron chi connectivity index (χ0n) is 16.5. The van der Waals surface area contributed by atoms with Gasteiger partial charge in [-0.1, -0.05) is 60.7 Å². The highest BCUT2D eigenvalue weighted by molar-refractivity contribution is 5.75. The van der Waals surface area contributed by atoms with E-state index in [2.05, 4.69) is 30.6 Å². The number of H-pyrrole nitrogens is 2. The van der Waals surface area contributed by atoms with E-state index in [4.69, 9.17) is 0 Å². The third kappa shape index (κ3) is 5.14. The van der Waals surface area contributed by atoms with Gasteiger partial charge < -0.3 is 20.6 Å². The van der Waals surface area contributed by atoms with Crippen molar-refractivity contribution in [1.82, 2.24) is 30.6 Å². The Morgan fingerprint density at radius 3 is 1.53 bits per heavy atom. The third-order valence-corrected chi connectivity index (χ3v) is 4.92. The van der Waals surface area contributed by atoms with Crippen molar-refractivity contribution < 1.29 is 4.79 Å². The Labute approximate surface area is 175 Å². The molecule has 0 bridgehead atoms. The van der Waals surface area contributed by atoms with Gasteiger partial charge in [0, 0.05) is 37.6 Å². The number of imidazole rings is 2. The molecule has 0 aliphatic rings. The van der Waals surface area contributed by atoms with Crippen molar-refractivity contribution in [2.75, 3.05) is 0 Å². The summed E-state index contributed by atoms with van der Waals surface area (Å²) < 4.78 is 0. The van der Waals surface area contributed by atoms with Crippen LogP contribution in [0.15, 0.2) is 85.5 Å². The number of nitrogens with zero attached hydrogens (tertiary/aromatic N) is 2. The minimum Gasteiger partial charge on any atom is -0.349 e. The smallest absolute Gasteiger partial charge is 0.315 e. The number of rotatable bonds is 8. The largest absolute Gasteiger partial charge is 0.349 e. The molecule has 152 valence electrons. The molecule has 30 heavy (non-hydrogen) atoms. The summed E-state index contributed by atoms with van der Waals surface area (Å²) in [4.78, 5) is 27.8. The van der Waals surface area contributed by atoms with E-state index in [9.17, 15) is 4.79 Å². The van der Waals surface area contributed by atoms with Gasteiger partial charge >= 0.3 is 6.03 Å².